The summed E-state index contributed by atoms with van der Waals surface area (Å²) < 4.78 is 27.8. The molecule has 0 atom stereocenters. The standard InChI is InChI=1S/C19H17N3O2S2/c20-12-6-14-22(15-16-7-2-1-3-8-16)26(23,24)19-11-10-18(25-19)17-9-4-5-13-21-17/h1-5,7-11,13H,6,14-15H2. The van der Waals surface area contributed by atoms with E-state index in [1.165, 1.54) is 15.6 Å². The van der Waals surface area contributed by atoms with Crippen molar-refractivity contribution in [3.8, 4) is 16.6 Å². The van der Waals surface area contributed by atoms with Crippen molar-refractivity contribution < 1.29 is 8.42 Å². The van der Waals surface area contributed by atoms with Gasteiger partial charge in [-0.15, -0.1) is 11.3 Å². The van der Waals surface area contributed by atoms with Crippen molar-refractivity contribution in [1.29, 1.82) is 5.26 Å². The van der Waals surface area contributed by atoms with Crippen LogP contribution in [0, 0.1) is 11.3 Å². The van der Waals surface area contributed by atoms with E-state index in [9.17, 15) is 8.42 Å². The van der Waals surface area contributed by atoms with Crippen LogP contribution < -0.4 is 0 Å². The van der Waals surface area contributed by atoms with Crippen molar-refractivity contribution in [1.82, 2.24) is 9.29 Å². The van der Waals surface area contributed by atoms with Gasteiger partial charge in [-0.25, -0.2) is 8.42 Å². The monoisotopic (exact) mass is 383 g/mol. The normalized spacial score (nSPS) is 11.4. The SMILES string of the molecule is N#CCCN(Cc1ccccc1)S(=O)(=O)c1ccc(-c2ccccn2)s1. The van der Waals surface area contributed by atoms with Gasteiger partial charge in [0.2, 0.25) is 0 Å². The van der Waals surface area contributed by atoms with Crippen molar-refractivity contribution in [2.45, 2.75) is 17.2 Å². The second kappa shape index (κ2) is 8.23. The third kappa shape index (κ3) is 4.17. The zero-order valence-electron chi connectivity index (χ0n) is 13.9. The van der Waals surface area contributed by atoms with E-state index in [-0.39, 0.29) is 23.7 Å². The number of benzene rings is 1. The molecule has 0 fully saturated rings. The molecular formula is C19H17N3O2S2. The molecule has 0 unspecified atom stereocenters. The third-order valence-corrected chi connectivity index (χ3v) is 7.19. The number of hydrogen-bond acceptors (Lipinski definition) is 5. The molecule has 0 bridgehead atoms. The molecule has 2 heterocycles. The number of rotatable bonds is 7. The quantitative estimate of drug-likeness (QED) is 0.620. The highest BCUT2D eigenvalue weighted by Crippen LogP contribution is 2.31. The van der Waals surface area contributed by atoms with Crippen molar-refractivity contribution >= 4 is 21.4 Å². The number of nitriles is 1. The summed E-state index contributed by atoms with van der Waals surface area (Å²) >= 11 is 1.19. The Morgan fingerprint density at radius 1 is 1.04 bits per heavy atom. The van der Waals surface area contributed by atoms with Crippen molar-refractivity contribution in [3.05, 3.63) is 72.4 Å². The van der Waals surface area contributed by atoms with Gasteiger partial charge in [0.15, 0.2) is 0 Å². The molecule has 3 rings (SSSR count). The Bertz CT molecular complexity index is 994. The molecule has 0 amide bonds. The summed E-state index contributed by atoms with van der Waals surface area (Å²) in [6.07, 6.45) is 1.82. The zero-order valence-corrected chi connectivity index (χ0v) is 15.6. The first-order valence-electron chi connectivity index (χ1n) is 8.03. The minimum absolute atomic E-state index is 0.143. The van der Waals surface area contributed by atoms with Crippen LogP contribution in [-0.2, 0) is 16.6 Å². The molecule has 2 aromatic heterocycles. The predicted octanol–water partition coefficient (Wildman–Crippen LogP) is 3.91. The van der Waals surface area contributed by atoms with Crippen LogP contribution in [0.4, 0.5) is 0 Å². The summed E-state index contributed by atoms with van der Waals surface area (Å²) in [5, 5.41) is 8.89. The smallest absolute Gasteiger partial charge is 0.252 e. The lowest BCUT2D eigenvalue weighted by atomic mass is 10.2. The maximum atomic E-state index is 13.1. The Morgan fingerprint density at radius 3 is 2.50 bits per heavy atom. The maximum absolute atomic E-state index is 13.1. The second-order valence-electron chi connectivity index (χ2n) is 5.57. The molecule has 0 aliphatic carbocycles. The summed E-state index contributed by atoms with van der Waals surface area (Å²) in [4.78, 5) is 5.06. The van der Waals surface area contributed by atoms with Gasteiger partial charge in [0.05, 0.1) is 16.6 Å². The highest BCUT2D eigenvalue weighted by molar-refractivity contribution is 7.91. The number of nitrogens with zero attached hydrogens (tertiary/aromatic N) is 3. The summed E-state index contributed by atoms with van der Waals surface area (Å²) in [6.45, 7) is 0.395. The second-order valence-corrected chi connectivity index (χ2v) is 8.81. The molecule has 0 saturated heterocycles. The van der Waals surface area contributed by atoms with Crippen LogP contribution in [0.3, 0.4) is 0 Å². The average molecular weight is 383 g/mol. The first-order chi connectivity index (χ1) is 12.6. The molecule has 0 saturated carbocycles. The third-order valence-electron chi connectivity index (χ3n) is 3.77. The van der Waals surface area contributed by atoms with Crippen LogP contribution in [0.2, 0.25) is 0 Å². The van der Waals surface area contributed by atoms with Crippen LogP contribution >= 0.6 is 11.3 Å². The first-order valence-corrected chi connectivity index (χ1v) is 10.3. The van der Waals surface area contributed by atoms with Gasteiger partial charge in [-0.05, 0) is 29.8 Å². The van der Waals surface area contributed by atoms with Gasteiger partial charge in [-0.1, -0.05) is 36.4 Å². The van der Waals surface area contributed by atoms with Crippen molar-refractivity contribution in [2.24, 2.45) is 0 Å². The lowest BCUT2D eigenvalue weighted by molar-refractivity contribution is 0.414. The number of thiophene rings is 1. The van der Waals surface area contributed by atoms with E-state index < -0.39 is 10.0 Å². The lowest BCUT2D eigenvalue weighted by Crippen LogP contribution is -2.31. The van der Waals surface area contributed by atoms with E-state index in [1.54, 1.807) is 18.3 Å². The largest absolute Gasteiger partial charge is 0.255 e. The van der Waals surface area contributed by atoms with Gasteiger partial charge in [-0.2, -0.15) is 9.57 Å². The Hall–Kier alpha value is -2.53. The fourth-order valence-electron chi connectivity index (χ4n) is 2.48. The van der Waals surface area contributed by atoms with E-state index >= 15 is 0 Å². The Balaban J connectivity index is 1.90. The topological polar surface area (TPSA) is 74.1 Å². The predicted molar refractivity (Wildman–Crippen MR) is 102 cm³/mol. The number of aromatic nitrogens is 1. The van der Waals surface area contributed by atoms with Crippen LogP contribution in [0.1, 0.15) is 12.0 Å². The molecule has 0 N–H and O–H groups in total. The van der Waals surface area contributed by atoms with Gasteiger partial charge >= 0.3 is 0 Å². The maximum Gasteiger partial charge on any atom is 0.252 e. The Kier molecular flexibility index (Phi) is 5.78. The Labute approximate surface area is 157 Å². The summed E-state index contributed by atoms with van der Waals surface area (Å²) in [7, 11) is -3.69. The van der Waals surface area contributed by atoms with E-state index in [2.05, 4.69) is 4.98 Å². The number of pyridine rings is 1. The van der Waals surface area contributed by atoms with Crippen molar-refractivity contribution in [3.63, 3.8) is 0 Å². The van der Waals surface area contributed by atoms with Gasteiger partial charge < -0.3 is 0 Å². The van der Waals surface area contributed by atoms with Crippen LogP contribution in [0.5, 0.6) is 0 Å². The molecule has 7 heteroatoms. The van der Waals surface area contributed by atoms with Gasteiger partial charge in [-0.3, -0.25) is 4.98 Å². The number of hydrogen-bond donors (Lipinski definition) is 0. The molecule has 0 aliphatic rings. The Morgan fingerprint density at radius 2 is 1.81 bits per heavy atom. The van der Waals surface area contributed by atoms with Gasteiger partial charge in [0, 0.05) is 25.7 Å². The van der Waals surface area contributed by atoms with Crippen molar-refractivity contribution in [2.75, 3.05) is 6.54 Å². The van der Waals surface area contributed by atoms with Crippen LogP contribution in [-0.4, -0.2) is 24.3 Å². The highest BCUT2D eigenvalue weighted by atomic mass is 32.2. The van der Waals surface area contributed by atoms with Gasteiger partial charge in [0.1, 0.15) is 4.21 Å². The molecule has 132 valence electrons. The summed E-state index contributed by atoms with van der Waals surface area (Å²) in [5.41, 5.74) is 1.63. The fraction of sp³-hybridized carbons (Fsp3) is 0.158. The molecule has 26 heavy (non-hydrogen) atoms. The van der Waals surface area contributed by atoms with E-state index in [0.717, 1.165) is 16.1 Å². The average Bonchev–Trinajstić information content (AvgIpc) is 3.17. The van der Waals surface area contributed by atoms with Gasteiger partial charge in [0.25, 0.3) is 10.0 Å². The zero-order chi connectivity index (χ0) is 18.4. The summed E-state index contributed by atoms with van der Waals surface area (Å²) in [5.74, 6) is 0. The molecule has 0 spiro atoms. The van der Waals surface area contributed by atoms with Crippen LogP contribution in [0.15, 0.2) is 71.1 Å². The minimum Gasteiger partial charge on any atom is -0.255 e. The van der Waals surface area contributed by atoms with E-state index in [0.29, 0.717) is 0 Å². The molecule has 0 radical (unpaired) electrons. The molecule has 0 aliphatic heterocycles. The molecule has 3 aromatic rings. The van der Waals surface area contributed by atoms with Crippen LogP contribution in [0.25, 0.3) is 10.6 Å². The highest BCUT2D eigenvalue weighted by Gasteiger charge is 2.26. The lowest BCUT2D eigenvalue weighted by Gasteiger charge is -2.20. The summed E-state index contributed by atoms with van der Waals surface area (Å²) in [6, 6.07) is 20.3. The van der Waals surface area contributed by atoms with E-state index in [4.69, 9.17) is 5.26 Å². The molecular weight excluding hydrogens is 366 g/mol. The fourth-order valence-corrected chi connectivity index (χ4v) is 5.34. The molecule has 1 aromatic carbocycles. The minimum atomic E-state index is -3.69. The molecule has 5 nitrogen and oxygen atoms in total. The first kappa shape index (κ1) is 18.3. The van der Waals surface area contributed by atoms with E-state index in [1.807, 2.05) is 54.6 Å². The number of sulfonamides is 1.